The zero-order chi connectivity index (χ0) is 14.7. The first-order valence-corrected chi connectivity index (χ1v) is 7.09. The number of aromatic amines is 1. The van der Waals surface area contributed by atoms with Crippen LogP contribution in [0, 0.1) is 12.8 Å². The van der Waals surface area contributed by atoms with Gasteiger partial charge in [-0.25, -0.2) is 0 Å². The van der Waals surface area contributed by atoms with Gasteiger partial charge in [0.1, 0.15) is 0 Å². The van der Waals surface area contributed by atoms with Crippen LogP contribution in [0.1, 0.15) is 16.2 Å². The molecular weight excluding hydrogens is 280 g/mol. The molecule has 0 spiro atoms. The molecule has 6 nitrogen and oxygen atoms in total. The van der Waals surface area contributed by atoms with Crippen molar-refractivity contribution in [2.24, 2.45) is 5.92 Å². The summed E-state index contributed by atoms with van der Waals surface area (Å²) in [6, 6.07) is 0. The summed E-state index contributed by atoms with van der Waals surface area (Å²) < 4.78 is 5.58. The molecule has 1 aromatic rings. The van der Waals surface area contributed by atoms with Gasteiger partial charge in [-0.05, 0) is 21.0 Å². The number of hydrogen-bond acceptors (Lipinski definition) is 4. The molecule has 0 aromatic carbocycles. The fourth-order valence-electron chi connectivity index (χ4n) is 2.40. The van der Waals surface area contributed by atoms with E-state index in [2.05, 4.69) is 15.1 Å². The Morgan fingerprint density at radius 3 is 2.95 bits per heavy atom. The second-order valence-electron chi connectivity index (χ2n) is 5.47. The number of nitrogens with zero attached hydrogens (tertiary/aromatic N) is 3. The maximum atomic E-state index is 12.5. The van der Waals surface area contributed by atoms with Gasteiger partial charge in [-0.2, -0.15) is 5.10 Å². The van der Waals surface area contributed by atoms with E-state index in [0.29, 0.717) is 48.6 Å². The molecule has 1 fully saturated rings. The van der Waals surface area contributed by atoms with Gasteiger partial charge in [0.15, 0.2) is 5.69 Å². The van der Waals surface area contributed by atoms with E-state index in [1.807, 2.05) is 14.1 Å². The minimum Gasteiger partial charge on any atom is -0.379 e. The van der Waals surface area contributed by atoms with Crippen LogP contribution in [0.3, 0.4) is 0 Å². The van der Waals surface area contributed by atoms with Crippen molar-refractivity contribution in [1.29, 1.82) is 0 Å². The molecule has 2 heterocycles. The number of ether oxygens (including phenoxy) is 1. The minimum atomic E-state index is -0.131. The van der Waals surface area contributed by atoms with Crippen molar-refractivity contribution < 1.29 is 9.53 Å². The Morgan fingerprint density at radius 1 is 1.60 bits per heavy atom. The van der Waals surface area contributed by atoms with E-state index < -0.39 is 0 Å². The van der Waals surface area contributed by atoms with Crippen LogP contribution in [0.2, 0.25) is 5.02 Å². The van der Waals surface area contributed by atoms with Crippen LogP contribution in [0.4, 0.5) is 0 Å². The summed E-state index contributed by atoms with van der Waals surface area (Å²) in [5, 5.41) is 7.16. The van der Waals surface area contributed by atoms with Gasteiger partial charge >= 0.3 is 0 Å². The molecule has 1 atom stereocenters. The van der Waals surface area contributed by atoms with Gasteiger partial charge in [0.05, 0.1) is 23.9 Å². The fourth-order valence-corrected chi connectivity index (χ4v) is 2.56. The Hall–Kier alpha value is -1.11. The maximum absolute atomic E-state index is 12.5. The van der Waals surface area contributed by atoms with Crippen LogP contribution in [-0.2, 0) is 4.74 Å². The molecule has 7 heteroatoms. The molecule has 1 N–H and O–H groups in total. The molecule has 112 valence electrons. The normalized spacial score (nSPS) is 20.2. The molecule has 1 aromatic heterocycles. The Bertz CT molecular complexity index is 475. The molecule has 1 saturated heterocycles. The van der Waals surface area contributed by atoms with Gasteiger partial charge in [0.25, 0.3) is 5.91 Å². The zero-order valence-electron chi connectivity index (χ0n) is 12.1. The fraction of sp³-hybridized carbons (Fsp3) is 0.692. The molecular formula is C13H21ClN4O2. The molecule has 0 unspecified atom stereocenters. The molecule has 0 saturated carbocycles. The molecule has 20 heavy (non-hydrogen) atoms. The van der Waals surface area contributed by atoms with E-state index in [-0.39, 0.29) is 5.91 Å². The van der Waals surface area contributed by atoms with Gasteiger partial charge in [0.2, 0.25) is 0 Å². The highest BCUT2D eigenvalue weighted by molar-refractivity contribution is 6.34. The summed E-state index contributed by atoms with van der Waals surface area (Å²) in [7, 11) is 4.04. The number of aromatic nitrogens is 2. The van der Waals surface area contributed by atoms with Crippen LogP contribution in [-0.4, -0.2) is 72.8 Å². The lowest BCUT2D eigenvalue weighted by molar-refractivity contribution is 0.0729. The minimum absolute atomic E-state index is 0.131. The van der Waals surface area contributed by atoms with Gasteiger partial charge in [0, 0.05) is 25.6 Å². The number of nitrogens with one attached hydrogen (secondary N) is 1. The van der Waals surface area contributed by atoms with Gasteiger partial charge in [-0.1, -0.05) is 11.6 Å². The Balaban J connectivity index is 2.09. The van der Waals surface area contributed by atoms with Crippen LogP contribution < -0.4 is 0 Å². The van der Waals surface area contributed by atoms with E-state index in [9.17, 15) is 4.79 Å². The quantitative estimate of drug-likeness (QED) is 0.905. The van der Waals surface area contributed by atoms with Crippen LogP contribution in [0.5, 0.6) is 0 Å². The second-order valence-corrected chi connectivity index (χ2v) is 5.84. The number of rotatable bonds is 3. The Morgan fingerprint density at radius 2 is 2.35 bits per heavy atom. The second kappa shape index (κ2) is 6.56. The van der Waals surface area contributed by atoms with Gasteiger partial charge < -0.3 is 14.5 Å². The van der Waals surface area contributed by atoms with Crippen molar-refractivity contribution in [3.8, 4) is 0 Å². The van der Waals surface area contributed by atoms with Crippen LogP contribution in [0.15, 0.2) is 0 Å². The molecule has 2 rings (SSSR count). The van der Waals surface area contributed by atoms with Crippen LogP contribution in [0.25, 0.3) is 0 Å². The lowest BCUT2D eigenvalue weighted by Crippen LogP contribution is -2.39. The van der Waals surface area contributed by atoms with Crippen molar-refractivity contribution >= 4 is 17.5 Å². The third kappa shape index (κ3) is 3.50. The van der Waals surface area contributed by atoms with E-state index in [1.54, 1.807) is 11.8 Å². The monoisotopic (exact) mass is 300 g/mol. The summed E-state index contributed by atoms with van der Waals surface area (Å²) in [6.45, 7) is 5.15. The standard InChI is InChI=1S/C13H21ClN4O2/c1-9-11(14)12(16-15-9)13(19)18-4-5-20-8-10(7-18)6-17(2)3/h10H,4-8H2,1-3H3,(H,15,16)/t10-/m1/s1. The summed E-state index contributed by atoms with van der Waals surface area (Å²) >= 11 is 6.10. The van der Waals surface area contributed by atoms with Crippen molar-refractivity contribution in [2.75, 3.05) is 46.9 Å². The molecule has 1 aliphatic heterocycles. The molecule has 0 aliphatic carbocycles. The predicted molar refractivity (Wildman–Crippen MR) is 77.1 cm³/mol. The smallest absolute Gasteiger partial charge is 0.276 e. The molecule has 1 amide bonds. The highest BCUT2D eigenvalue weighted by Gasteiger charge is 2.27. The molecule has 0 bridgehead atoms. The SMILES string of the molecule is Cc1[nH]nc(C(=O)N2CCOC[C@H](CN(C)C)C2)c1Cl. The van der Waals surface area contributed by atoms with Gasteiger partial charge in [-0.3, -0.25) is 9.89 Å². The van der Waals surface area contributed by atoms with E-state index in [0.717, 1.165) is 6.54 Å². The molecule has 0 radical (unpaired) electrons. The summed E-state index contributed by atoms with van der Waals surface area (Å²) in [4.78, 5) is 16.4. The lowest BCUT2D eigenvalue weighted by atomic mass is 10.1. The highest BCUT2D eigenvalue weighted by Crippen LogP contribution is 2.20. The summed E-state index contributed by atoms with van der Waals surface area (Å²) in [5.41, 5.74) is 1.01. The number of hydrogen-bond donors (Lipinski definition) is 1. The average molecular weight is 301 g/mol. The van der Waals surface area contributed by atoms with E-state index in [4.69, 9.17) is 16.3 Å². The Kier molecular flexibility index (Phi) is 5.01. The van der Waals surface area contributed by atoms with Crippen molar-refractivity contribution in [3.05, 3.63) is 16.4 Å². The number of carbonyl (C=O) groups excluding carboxylic acids is 1. The maximum Gasteiger partial charge on any atom is 0.276 e. The zero-order valence-corrected chi connectivity index (χ0v) is 12.9. The number of carbonyl (C=O) groups is 1. The highest BCUT2D eigenvalue weighted by atomic mass is 35.5. The number of aryl methyl sites for hydroxylation is 1. The Labute approximate surface area is 124 Å². The average Bonchev–Trinajstić information content (AvgIpc) is 2.61. The summed E-state index contributed by atoms with van der Waals surface area (Å²) in [6.07, 6.45) is 0. The topological polar surface area (TPSA) is 61.5 Å². The summed E-state index contributed by atoms with van der Waals surface area (Å²) in [5.74, 6) is 0.170. The number of halogens is 1. The lowest BCUT2D eigenvalue weighted by Gasteiger charge is -2.24. The largest absolute Gasteiger partial charge is 0.379 e. The third-order valence-corrected chi connectivity index (χ3v) is 3.79. The number of amides is 1. The van der Waals surface area contributed by atoms with Crippen molar-refractivity contribution in [2.45, 2.75) is 6.92 Å². The van der Waals surface area contributed by atoms with Crippen molar-refractivity contribution in [3.63, 3.8) is 0 Å². The van der Waals surface area contributed by atoms with Crippen LogP contribution >= 0.6 is 11.6 Å². The van der Waals surface area contributed by atoms with E-state index in [1.165, 1.54) is 0 Å². The van der Waals surface area contributed by atoms with E-state index >= 15 is 0 Å². The number of H-pyrrole nitrogens is 1. The third-order valence-electron chi connectivity index (χ3n) is 3.32. The molecule has 1 aliphatic rings. The first-order chi connectivity index (χ1) is 9.49. The van der Waals surface area contributed by atoms with Gasteiger partial charge in [-0.15, -0.1) is 0 Å². The predicted octanol–water partition coefficient (Wildman–Crippen LogP) is 1.02. The first kappa shape index (κ1) is 15.3. The first-order valence-electron chi connectivity index (χ1n) is 6.71. The van der Waals surface area contributed by atoms with Crippen molar-refractivity contribution in [1.82, 2.24) is 20.0 Å².